The van der Waals surface area contributed by atoms with E-state index in [1.807, 2.05) is 22.2 Å². The topological polar surface area (TPSA) is 29.3 Å². The summed E-state index contributed by atoms with van der Waals surface area (Å²) in [5.41, 5.74) is 0.623. The molecule has 0 unspecified atom stereocenters. The van der Waals surface area contributed by atoms with Crippen LogP contribution in [0.4, 0.5) is 14.5 Å². The summed E-state index contributed by atoms with van der Waals surface area (Å²) in [6.07, 6.45) is 3.72. The van der Waals surface area contributed by atoms with Crippen LogP contribution in [0.3, 0.4) is 0 Å². The van der Waals surface area contributed by atoms with E-state index in [1.54, 1.807) is 0 Å². The van der Waals surface area contributed by atoms with Gasteiger partial charge in [0.15, 0.2) is 4.96 Å². The van der Waals surface area contributed by atoms with Crippen molar-refractivity contribution >= 4 is 22.0 Å². The highest BCUT2D eigenvalue weighted by Crippen LogP contribution is 2.19. The van der Waals surface area contributed by atoms with Crippen LogP contribution in [0.15, 0.2) is 36.0 Å². The molecule has 18 heavy (non-hydrogen) atoms. The fraction of sp³-hybridized carbons (Fsp3) is 0.0833. The second kappa shape index (κ2) is 4.38. The van der Waals surface area contributed by atoms with Crippen LogP contribution in [0.25, 0.3) is 4.96 Å². The Balaban J connectivity index is 1.80. The van der Waals surface area contributed by atoms with Crippen molar-refractivity contribution in [2.75, 3.05) is 5.32 Å². The molecule has 0 bridgehead atoms. The number of nitrogens with zero attached hydrogens (tertiary/aromatic N) is 2. The Kier molecular flexibility index (Phi) is 2.71. The lowest BCUT2D eigenvalue weighted by Crippen LogP contribution is -2.03. The molecule has 0 radical (unpaired) electrons. The average Bonchev–Trinajstić information content (AvgIpc) is 2.88. The van der Waals surface area contributed by atoms with E-state index in [2.05, 4.69) is 10.3 Å². The van der Waals surface area contributed by atoms with Gasteiger partial charge in [-0.3, -0.25) is 4.40 Å². The molecule has 3 rings (SSSR count). The molecule has 6 heteroatoms. The number of hydrogen-bond donors (Lipinski definition) is 1. The van der Waals surface area contributed by atoms with Crippen LogP contribution in [0.1, 0.15) is 5.69 Å². The molecule has 1 N–H and O–H groups in total. The molecule has 0 amide bonds. The van der Waals surface area contributed by atoms with Crippen molar-refractivity contribution in [2.45, 2.75) is 6.54 Å². The minimum Gasteiger partial charge on any atom is -0.375 e. The van der Waals surface area contributed by atoms with Crippen LogP contribution in [0.2, 0.25) is 0 Å². The predicted molar refractivity (Wildman–Crippen MR) is 66.8 cm³/mol. The molecule has 1 aromatic carbocycles. The van der Waals surface area contributed by atoms with Gasteiger partial charge in [-0.05, 0) is 12.1 Å². The number of benzene rings is 1. The van der Waals surface area contributed by atoms with E-state index in [0.717, 1.165) is 10.7 Å². The average molecular weight is 265 g/mol. The van der Waals surface area contributed by atoms with Gasteiger partial charge in [-0.1, -0.05) is 6.07 Å². The van der Waals surface area contributed by atoms with Crippen LogP contribution in [0, 0.1) is 11.6 Å². The maximum Gasteiger partial charge on any atom is 0.193 e. The molecule has 92 valence electrons. The van der Waals surface area contributed by atoms with Gasteiger partial charge in [-0.2, -0.15) is 0 Å². The summed E-state index contributed by atoms with van der Waals surface area (Å²) in [4.78, 5) is 5.18. The van der Waals surface area contributed by atoms with Crippen molar-refractivity contribution in [1.82, 2.24) is 9.38 Å². The standard InChI is InChI=1S/C12H9F2N3S/c13-9-2-1-3-10(14)11(9)15-6-8-7-17-4-5-18-12(17)16-8/h1-5,7,15H,6H2. The van der Waals surface area contributed by atoms with Crippen LogP contribution in [-0.4, -0.2) is 9.38 Å². The number of aromatic nitrogens is 2. The van der Waals surface area contributed by atoms with Gasteiger partial charge >= 0.3 is 0 Å². The third-order valence-electron chi connectivity index (χ3n) is 2.55. The molecule has 0 aliphatic heterocycles. The van der Waals surface area contributed by atoms with E-state index in [0.29, 0.717) is 0 Å². The van der Waals surface area contributed by atoms with Crippen molar-refractivity contribution in [1.29, 1.82) is 0 Å². The van der Waals surface area contributed by atoms with Gasteiger partial charge in [-0.25, -0.2) is 13.8 Å². The van der Waals surface area contributed by atoms with Crippen LogP contribution in [-0.2, 0) is 6.54 Å². The summed E-state index contributed by atoms with van der Waals surface area (Å²) in [6, 6.07) is 3.77. The third kappa shape index (κ3) is 1.95. The number of rotatable bonds is 3. The molecule has 2 heterocycles. The lowest BCUT2D eigenvalue weighted by atomic mass is 10.3. The number of para-hydroxylation sites is 1. The van der Waals surface area contributed by atoms with Crippen molar-refractivity contribution in [3.05, 3.63) is 53.3 Å². The van der Waals surface area contributed by atoms with Crippen molar-refractivity contribution in [2.24, 2.45) is 0 Å². The maximum atomic E-state index is 13.4. The first-order chi connectivity index (χ1) is 8.74. The fourth-order valence-corrected chi connectivity index (χ4v) is 2.43. The summed E-state index contributed by atoms with van der Waals surface area (Å²) in [6.45, 7) is 0.284. The summed E-state index contributed by atoms with van der Waals surface area (Å²) >= 11 is 1.51. The lowest BCUT2D eigenvalue weighted by Gasteiger charge is -2.06. The Morgan fingerprint density at radius 3 is 2.78 bits per heavy atom. The van der Waals surface area contributed by atoms with Gasteiger partial charge in [0, 0.05) is 17.8 Å². The molecular formula is C12H9F2N3S. The number of thiazole rings is 1. The quantitative estimate of drug-likeness (QED) is 0.787. The van der Waals surface area contributed by atoms with Crippen molar-refractivity contribution in [3.8, 4) is 0 Å². The highest BCUT2D eigenvalue weighted by molar-refractivity contribution is 7.15. The monoisotopic (exact) mass is 265 g/mol. The highest BCUT2D eigenvalue weighted by Gasteiger charge is 2.09. The molecular weight excluding hydrogens is 256 g/mol. The number of anilines is 1. The number of nitrogens with one attached hydrogen (secondary N) is 1. The summed E-state index contributed by atoms with van der Waals surface area (Å²) < 4.78 is 28.6. The number of fused-ring (bicyclic) bond motifs is 1. The normalized spacial score (nSPS) is 11.0. The van der Waals surface area contributed by atoms with Gasteiger partial charge < -0.3 is 5.32 Å². The Labute approximate surface area is 106 Å². The van der Waals surface area contributed by atoms with E-state index in [1.165, 1.54) is 29.5 Å². The zero-order valence-electron chi connectivity index (χ0n) is 9.23. The van der Waals surface area contributed by atoms with Crippen molar-refractivity contribution < 1.29 is 8.78 Å². The Bertz CT molecular complexity index is 641. The van der Waals surface area contributed by atoms with E-state index in [-0.39, 0.29) is 12.2 Å². The van der Waals surface area contributed by atoms with E-state index in [4.69, 9.17) is 0 Å². The van der Waals surface area contributed by atoms with Crippen LogP contribution >= 0.6 is 11.3 Å². The largest absolute Gasteiger partial charge is 0.375 e. The first-order valence-electron chi connectivity index (χ1n) is 5.33. The van der Waals surface area contributed by atoms with Crippen LogP contribution < -0.4 is 5.32 Å². The maximum absolute atomic E-state index is 13.4. The van der Waals surface area contributed by atoms with Gasteiger partial charge in [0.05, 0.1) is 12.2 Å². The number of hydrogen-bond acceptors (Lipinski definition) is 3. The van der Waals surface area contributed by atoms with Crippen molar-refractivity contribution in [3.63, 3.8) is 0 Å². The molecule has 0 saturated heterocycles. The fourth-order valence-electron chi connectivity index (χ4n) is 1.71. The Morgan fingerprint density at radius 2 is 2.06 bits per heavy atom. The van der Waals surface area contributed by atoms with Gasteiger partial charge in [0.2, 0.25) is 0 Å². The SMILES string of the molecule is Fc1cccc(F)c1NCc1cn2ccsc2n1. The molecule has 0 aliphatic rings. The summed E-state index contributed by atoms with van der Waals surface area (Å²) in [5.74, 6) is -1.20. The summed E-state index contributed by atoms with van der Waals surface area (Å²) in [5, 5.41) is 4.65. The second-order valence-corrected chi connectivity index (χ2v) is 4.65. The Morgan fingerprint density at radius 1 is 1.28 bits per heavy atom. The van der Waals surface area contributed by atoms with Gasteiger partial charge in [0.1, 0.15) is 17.3 Å². The molecule has 0 spiro atoms. The zero-order valence-corrected chi connectivity index (χ0v) is 10.0. The minimum atomic E-state index is -0.601. The molecule has 3 aromatic rings. The minimum absolute atomic E-state index is 0.117. The first-order valence-corrected chi connectivity index (χ1v) is 6.21. The van der Waals surface area contributed by atoms with E-state index in [9.17, 15) is 8.78 Å². The Hall–Kier alpha value is -1.95. The highest BCUT2D eigenvalue weighted by atomic mass is 32.1. The van der Waals surface area contributed by atoms with Gasteiger partial charge in [0.25, 0.3) is 0 Å². The first kappa shape index (κ1) is 11.2. The molecule has 0 saturated carbocycles. The summed E-state index contributed by atoms with van der Waals surface area (Å²) in [7, 11) is 0. The number of imidazole rings is 1. The smallest absolute Gasteiger partial charge is 0.193 e. The van der Waals surface area contributed by atoms with Crippen LogP contribution in [0.5, 0.6) is 0 Å². The van der Waals surface area contributed by atoms with E-state index < -0.39 is 11.6 Å². The molecule has 0 aliphatic carbocycles. The number of halogens is 2. The zero-order chi connectivity index (χ0) is 12.5. The second-order valence-electron chi connectivity index (χ2n) is 3.78. The third-order valence-corrected chi connectivity index (χ3v) is 3.32. The van der Waals surface area contributed by atoms with Gasteiger partial charge in [-0.15, -0.1) is 11.3 Å². The molecule has 0 atom stereocenters. The van der Waals surface area contributed by atoms with E-state index >= 15 is 0 Å². The molecule has 3 nitrogen and oxygen atoms in total. The predicted octanol–water partition coefficient (Wildman–Crippen LogP) is 3.29. The lowest BCUT2D eigenvalue weighted by molar-refractivity contribution is 0.588. The molecule has 0 fully saturated rings. The molecule has 2 aromatic heterocycles.